The SMILES string of the molecule is CNc1ncnc2c1ccn2[C@@H]1C[C@H](CN(CCCNCCc2ccc(Oc3ccccc3)cc2)CC[C@H](N)C(=O)O)[C@@H](O)[C@H]1O. The number of aliphatic carboxylic acids is 1. The molecule has 5 atom stereocenters. The van der Waals surface area contributed by atoms with Crippen molar-refractivity contribution in [3.63, 3.8) is 0 Å². The van der Waals surface area contributed by atoms with Crippen LogP contribution in [0, 0.1) is 5.92 Å². The van der Waals surface area contributed by atoms with Gasteiger partial charge in [-0.1, -0.05) is 30.3 Å². The van der Waals surface area contributed by atoms with E-state index in [0.717, 1.165) is 42.8 Å². The normalized spacial score (nSPS) is 20.3. The van der Waals surface area contributed by atoms with Crippen LogP contribution in [0.3, 0.4) is 0 Å². The number of fused-ring (bicyclic) bond motifs is 1. The molecule has 1 fully saturated rings. The van der Waals surface area contributed by atoms with E-state index in [-0.39, 0.29) is 12.0 Å². The van der Waals surface area contributed by atoms with Crippen LogP contribution in [0.25, 0.3) is 11.0 Å². The number of aliphatic hydroxyl groups excluding tert-OH is 2. The number of nitrogens with one attached hydrogen (secondary N) is 2. The first-order chi connectivity index (χ1) is 22.3. The van der Waals surface area contributed by atoms with Gasteiger partial charge in [-0.05, 0) is 81.2 Å². The minimum Gasteiger partial charge on any atom is -0.480 e. The van der Waals surface area contributed by atoms with Crippen LogP contribution in [-0.4, -0.2) is 98.7 Å². The molecule has 12 heteroatoms. The van der Waals surface area contributed by atoms with Gasteiger partial charge in [-0.15, -0.1) is 0 Å². The van der Waals surface area contributed by atoms with Gasteiger partial charge in [-0.25, -0.2) is 9.97 Å². The maximum atomic E-state index is 11.4. The second-order valence-electron chi connectivity index (χ2n) is 11.9. The smallest absolute Gasteiger partial charge is 0.320 e. The van der Waals surface area contributed by atoms with Crippen LogP contribution in [0.4, 0.5) is 5.82 Å². The summed E-state index contributed by atoms with van der Waals surface area (Å²) in [5.41, 5.74) is 7.74. The fraction of sp³-hybridized carbons (Fsp3) is 0.441. The van der Waals surface area contributed by atoms with Gasteiger partial charge in [0.25, 0.3) is 0 Å². The van der Waals surface area contributed by atoms with Crippen LogP contribution >= 0.6 is 0 Å². The monoisotopic (exact) mass is 631 g/mol. The zero-order valence-electron chi connectivity index (χ0n) is 26.2. The minimum absolute atomic E-state index is 0.203. The third kappa shape index (κ3) is 8.39. The molecular weight excluding hydrogens is 586 g/mol. The van der Waals surface area contributed by atoms with Crippen molar-refractivity contribution in [1.82, 2.24) is 24.8 Å². The van der Waals surface area contributed by atoms with Crippen LogP contribution in [0.5, 0.6) is 11.5 Å². The molecule has 246 valence electrons. The summed E-state index contributed by atoms with van der Waals surface area (Å²) in [7, 11) is 1.80. The number of rotatable bonds is 17. The lowest BCUT2D eigenvalue weighted by Crippen LogP contribution is -2.40. The van der Waals surface area contributed by atoms with E-state index in [1.165, 1.54) is 11.9 Å². The predicted molar refractivity (Wildman–Crippen MR) is 177 cm³/mol. The van der Waals surface area contributed by atoms with Gasteiger partial charge >= 0.3 is 5.97 Å². The Bertz CT molecular complexity index is 1530. The molecule has 0 spiro atoms. The third-order valence-corrected chi connectivity index (χ3v) is 8.76. The lowest BCUT2D eigenvalue weighted by Gasteiger charge is -2.28. The van der Waals surface area contributed by atoms with Gasteiger partial charge < -0.3 is 45.9 Å². The number of aliphatic hydroxyl groups is 2. The molecule has 7 N–H and O–H groups in total. The number of nitrogens with two attached hydrogens (primary N) is 1. The molecule has 46 heavy (non-hydrogen) atoms. The molecule has 2 aromatic carbocycles. The second kappa shape index (κ2) is 16.0. The molecule has 0 saturated heterocycles. The summed E-state index contributed by atoms with van der Waals surface area (Å²) in [6, 6.07) is 18.4. The molecule has 5 rings (SSSR count). The number of nitrogens with zero attached hydrogens (tertiary/aromatic N) is 4. The number of carboxylic acids is 1. The first-order valence-corrected chi connectivity index (χ1v) is 15.9. The Morgan fingerprint density at radius 3 is 2.54 bits per heavy atom. The maximum absolute atomic E-state index is 11.4. The van der Waals surface area contributed by atoms with Crippen LogP contribution in [0.1, 0.15) is 30.9 Å². The highest BCUT2D eigenvalue weighted by Gasteiger charge is 2.43. The van der Waals surface area contributed by atoms with Crippen molar-refractivity contribution in [2.45, 2.75) is 50.0 Å². The van der Waals surface area contributed by atoms with Crippen molar-refractivity contribution < 1.29 is 24.9 Å². The number of carboxylic acid groups (broad SMARTS) is 1. The van der Waals surface area contributed by atoms with Gasteiger partial charge in [0.05, 0.1) is 17.5 Å². The summed E-state index contributed by atoms with van der Waals surface area (Å²) >= 11 is 0. The number of anilines is 1. The molecule has 1 aliphatic carbocycles. The molecule has 1 aliphatic rings. The summed E-state index contributed by atoms with van der Waals surface area (Å²) in [6.07, 6.45) is 4.05. The van der Waals surface area contributed by atoms with Crippen molar-refractivity contribution >= 4 is 22.8 Å². The first kappa shape index (κ1) is 33.3. The maximum Gasteiger partial charge on any atom is 0.320 e. The summed E-state index contributed by atoms with van der Waals surface area (Å²) in [4.78, 5) is 22.2. The van der Waals surface area contributed by atoms with Gasteiger partial charge in [0.1, 0.15) is 41.4 Å². The molecule has 2 aromatic heterocycles. The molecule has 1 saturated carbocycles. The molecule has 0 bridgehead atoms. The molecule has 4 aromatic rings. The fourth-order valence-electron chi connectivity index (χ4n) is 6.20. The number of hydrogen-bond donors (Lipinski definition) is 6. The summed E-state index contributed by atoms with van der Waals surface area (Å²) < 4.78 is 7.79. The highest BCUT2D eigenvalue weighted by molar-refractivity contribution is 5.87. The Balaban J connectivity index is 1.11. The molecule has 0 radical (unpaired) electrons. The Hall–Kier alpha value is -4.07. The summed E-state index contributed by atoms with van der Waals surface area (Å²) in [5, 5.41) is 38.9. The van der Waals surface area contributed by atoms with E-state index in [9.17, 15) is 20.1 Å². The van der Waals surface area contributed by atoms with Crippen LogP contribution in [-0.2, 0) is 11.2 Å². The summed E-state index contributed by atoms with van der Waals surface area (Å²) in [5.74, 6) is 1.08. The Morgan fingerprint density at radius 1 is 1.04 bits per heavy atom. The Morgan fingerprint density at radius 2 is 1.80 bits per heavy atom. The number of benzene rings is 2. The van der Waals surface area contributed by atoms with Crippen LogP contribution in [0.2, 0.25) is 0 Å². The molecule has 0 aliphatic heterocycles. The van der Waals surface area contributed by atoms with E-state index in [0.29, 0.717) is 43.9 Å². The molecule has 12 nitrogen and oxygen atoms in total. The largest absolute Gasteiger partial charge is 0.480 e. The second-order valence-corrected chi connectivity index (χ2v) is 11.9. The standard InChI is InChI=1S/C34H45N7O5/c1-36-32-27-13-19-41(33(27)39-22-38-32)29-20-24(30(42)31(29)43)21-40(18-14-28(35)34(44)45)17-5-15-37-16-12-23-8-10-26(11-9-23)46-25-6-3-2-4-7-25/h2-4,6-11,13,19,22,24,28-31,37,42-43H,5,12,14-18,20-21,35H2,1H3,(H,44,45)(H,36,38,39)/t24-,28+,29-,30-,31+/m1/s1. The zero-order chi connectivity index (χ0) is 32.5. The quantitative estimate of drug-likeness (QED) is 0.0947. The van der Waals surface area contributed by atoms with Gasteiger partial charge in [0.2, 0.25) is 0 Å². The van der Waals surface area contributed by atoms with Gasteiger partial charge in [0, 0.05) is 32.3 Å². The van der Waals surface area contributed by atoms with E-state index in [4.69, 9.17) is 10.5 Å². The van der Waals surface area contributed by atoms with Crippen molar-refractivity contribution in [3.05, 3.63) is 78.8 Å². The summed E-state index contributed by atoms with van der Waals surface area (Å²) in [6.45, 7) is 3.33. The number of carbonyl (C=O) groups is 1. The third-order valence-electron chi connectivity index (χ3n) is 8.76. The van der Waals surface area contributed by atoms with Crippen LogP contribution in [0.15, 0.2) is 73.2 Å². The van der Waals surface area contributed by atoms with Crippen molar-refractivity contribution in [1.29, 1.82) is 0 Å². The molecule has 0 amide bonds. The number of hydrogen-bond acceptors (Lipinski definition) is 10. The van der Waals surface area contributed by atoms with Crippen molar-refractivity contribution in [3.8, 4) is 11.5 Å². The highest BCUT2D eigenvalue weighted by atomic mass is 16.5. The molecule has 0 unspecified atom stereocenters. The first-order valence-electron chi connectivity index (χ1n) is 15.9. The fourth-order valence-corrected chi connectivity index (χ4v) is 6.20. The van der Waals surface area contributed by atoms with Crippen LogP contribution < -0.4 is 21.1 Å². The van der Waals surface area contributed by atoms with Gasteiger partial charge in [-0.2, -0.15) is 0 Å². The average Bonchev–Trinajstić information content (AvgIpc) is 3.62. The van der Waals surface area contributed by atoms with Gasteiger partial charge in [0.15, 0.2) is 0 Å². The number of aromatic nitrogens is 3. The lowest BCUT2D eigenvalue weighted by atomic mass is 10.0. The Kier molecular flexibility index (Phi) is 11.6. The Labute approximate surface area is 269 Å². The van der Waals surface area contributed by atoms with Crippen molar-refractivity contribution in [2.75, 3.05) is 45.1 Å². The minimum atomic E-state index is -1.03. The highest BCUT2D eigenvalue weighted by Crippen LogP contribution is 2.38. The van der Waals surface area contributed by atoms with E-state index in [2.05, 4.69) is 37.6 Å². The van der Waals surface area contributed by atoms with E-state index < -0.39 is 24.2 Å². The average molecular weight is 632 g/mol. The van der Waals surface area contributed by atoms with E-state index in [1.54, 1.807) is 7.05 Å². The number of para-hydroxylation sites is 1. The van der Waals surface area contributed by atoms with E-state index in [1.807, 2.05) is 59.3 Å². The molecule has 2 heterocycles. The van der Waals surface area contributed by atoms with E-state index >= 15 is 0 Å². The zero-order valence-corrected chi connectivity index (χ0v) is 26.2. The lowest BCUT2D eigenvalue weighted by molar-refractivity contribution is -0.138. The molecular formula is C34H45N7O5. The number of ether oxygens (including phenoxy) is 1. The van der Waals surface area contributed by atoms with Crippen molar-refractivity contribution in [2.24, 2.45) is 11.7 Å². The van der Waals surface area contributed by atoms with Gasteiger partial charge in [-0.3, -0.25) is 4.79 Å². The topological polar surface area (TPSA) is 171 Å². The predicted octanol–water partition coefficient (Wildman–Crippen LogP) is 2.87.